The van der Waals surface area contributed by atoms with Crippen LogP contribution in [0.25, 0.3) is 5.76 Å². The molecule has 2 aromatic rings. The lowest BCUT2D eigenvalue weighted by atomic mass is 9.98. The van der Waals surface area contributed by atoms with Gasteiger partial charge in [-0.25, -0.2) is 0 Å². The summed E-state index contributed by atoms with van der Waals surface area (Å²) in [6.07, 6.45) is 1.61. The van der Waals surface area contributed by atoms with Crippen LogP contribution in [-0.4, -0.2) is 58.9 Å². The van der Waals surface area contributed by atoms with Gasteiger partial charge in [-0.1, -0.05) is 19.9 Å². The van der Waals surface area contributed by atoms with E-state index in [1.54, 1.807) is 11.0 Å². The van der Waals surface area contributed by atoms with Crippen LogP contribution in [0.5, 0.6) is 5.75 Å². The second-order valence-electron chi connectivity index (χ2n) is 8.34. The van der Waals surface area contributed by atoms with Crippen molar-refractivity contribution in [3.8, 4) is 5.75 Å². The number of thiophene rings is 1. The molecule has 0 bridgehead atoms. The third-order valence-corrected chi connectivity index (χ3v) is 7.21. The highest BCUT2D eigenvalue weighted by molar-refractivity contribution is 7.10. The van der Waals surface area contributed by atoms with E-state index in [9.17, 15) is 14.7 Å². The molecule has 1 N–H and O–H groups in total. The number of amides is 1. The van der Waals surface area contributed by atoms with Gasteiger partial charge in [0.05, 0.1) is 11.6 Å². The molecule has 2 aliphatic rings. The van der Waals surface area contributed by atoms with E-state index in [0.29, 0.717) is 12.1 Å². The monoisotopic (exact) mass is 454 g/mol. The Hall–Kier alpha value is -2.64. The minimum absolute atomic E-state index is 0.0879. The number of likely N-dealkylation sites (tertiary alicyclic amines) is 1. The zero-order chi connectivity index (χ0) is 22.8. The van der Waals surface area contributed by atoms with E-state index in [2.05, 4.69) is 18.7 Å². The normalized spacial score (nSPS) is 21.9. The predicted molar refractivity (Wildman–Crippen MR) is 126 cm³/mol. The van der Waals surface area contributed by atoms with Gasteiger partial charge in [0.1, 0.15) is 17.6 Å². The average Bonchev–Trinajstić information content (AvgIpc) is 3.49. The van der Waals surface area contributed by atoms with Gasteiger partial charge in [-0.05, 0) is 68.2 Å². The molecule has 0 radical (unpaired) electrons. The molecule has 1 aromatic carbocycles. The van der Waals surface area contributed by atoms with E-state index < -0.39 is 17.7 Å². The smallest absolute Gasteiger partial charge is 0.295 e. The van der Waals surface area contributed by atoms with E-state index >= 15 is 0 Å². The summed E-state index contributed by atoms with van der Waals surface area (Å²) in [5, 5.41) is 13.1. The first-order valence-corrected chi connectivity index (χ1v) is 12.2. The Morgan fingerprint density at radius 1 is 1.25 bits per heavy atom. The lowest BCUT2D eigenvalue weighted by Gasteiger charge is -2.25. The SMILES string of the molecule is CCN(CC)CCCN1C(=O)C(=O)/C(=C(/O)c2ccc3c(c2)C[C@H](C)O3)[C@@H]1c1cccs1. The number of carbonyl (C=O) groups is 2. The van der Waals surface area contributed by atoms with E-state index in [-0.39, 0.29) is 17.4 Å². The van der Waals surface area contributed by atoms with Crippen LogP contribution in [0.3, 0.4) is 0 Å². The fraction of sp³-hybridized carbons (Fsp3) is 0.440. The molecule has 2 aliphatic heterocycles. The second kappa shape index (κ2) is 9.46. The fourth-order valence-corrected chi connectivity index (χ4v) is 5.43. The van der Waals surface area contributed by atoms with Crippen molar-refractivity contribution in [2.45, 2.75) is 45.8 Å². The second-order valence-corrected chi connectivity index (χ2v) is 9.32. The van der Waals surface area contributed by atoms with Gasteiger partial charge in [0.25, 0.3) is 11.7 Å². The molecule has 32 heavy (non-hydrogen) atoms. The first-order valence-electron chi connectivity index (χ1n) is 11.3. The van der Waals surface area contributed by atoms with Crippen LogP contribution in [0.15, 0.2) is 41.3 Å². The van der Waals surface area contributed by atoms with E-state index in [4.69, 9.17) is 4.74 Å². The van der Waals surface area contributed by atoms with Crippen LogP contribution >= 0.6 is 11.3 Å². The minimum Gasteiger partial charge on any atom is -0.507 e. The molecule has 0 unspecified atom stereocenters. The Bertz CT molecular complexity index is 1030. The van der Waals surface area contributed by atoms with Crippen LogP contribution in [0.1, 0.15) is 49.2 Å². The van der Waals surface area contributed by atoms with Gasteiger partial charge in [-0.2, -0.15) is 0 Å². The highest BCUT2D eigenvalue weighted by Crippen LogP contribution is 2.42. The van der Waals surface area contributed by atoms with Crippen molar-refractivity contribution in [2.24, 2.45) is 0 Å². The number of aliphatic hydroxyl groups is 1. The van der Waals surface area contributed by atoms with Crippen molar-refractivity contribution in [1.82, 2.24) is 9.80 Å². The summed E-state index contributed by atoms with van der Waals surface area (Å²) >= 11 is 1.49. The van der Waals surface area contributed by atoms with Gasteiger partial charge in [-0.3, -0.25) is 9.59 Å². The van der Waals surface area contributed by atoms with Crippen molar-refractivity contribution < 1.29 is 19.4 Å². The maximum absolute atomic E-state index is 13.1. The van der Waals surface area contributed by atoms with Crippen molar-refractivity contribution in [3.05, 3.63) is 57.3 Å². The lowest BCUT2D eigenvalue weighted by Crippen LogP contribution is -2.33. The summed E-state index contributed by atoms with van der Waals surface area (Å²) in [6, 6.07) is 8.72. The third-order valence-electron chi connectivity index (χ3n) is 6.29. The first kappa shape index (κ1) is 22.6. The Morgan fingerprint density at radius 3 is 2.72 bits per heavy atom. The number of Topliss-reactive ketones (excluding diaryl/α,β-unsaturated/α-hetero) is 1. The van der Waals surface area contributed by atoms with Gasteiger partial charge in [-0.15, -0.1) is 11.3 Å². The summed E-state index contributed by atoms with van der Waals surface area (Å²) in [5.41, 5.74) is 1.72. The molecule has 4 rings (SSSR count). The number of ketones is 1. The summed E-state index contributed by atoms with van der Waals surface area (Å²) in [5.74, 6) is -0.465. The molecule has 1 fully saturated rings. The molecule has 2 atom stereocenters. The Balaban J connectivity index is 1.68. The number of aliphatic hydroxyl groups excluding tert-OH is 1. The van der Waals surface area contributed by atoms with Gasteiger partial charge in [0, 0.05) is 23.4 Å². The molecule has 0 spiro atoms. The van der Waals surface area contributed by atoms with Crippen molar-refractivity contribution >= 4 is 28.8 Å². The molecule has 1 aromatic heterocycles. The highest BCUT2D eigenvalue weighted by Gasteiger charge is 2.46. The lowest BCUT2D eigenvalue weighted by molar-refractivity contribution is -0.139. The van der Waals surface area contributed by atoms with Crippen LogP contribution in [0.2, 0.25) is 0 Å². The number of benzene rings is 1. The summed E-state index contributed by atoms with van der Waals surface area (Å²) in [6.45, 7) is 9.45. The topological polar surface area (TPSA) is 70.1 Å². The van der Waals surface area contributed by atoms with Crippen LogP contribution < -0.4 is 4.74 Å². The van der Waals surface area contributed by atoms with E-state index in [0.717, 1.165) is 48.7 Å². The average molecular weight is 455 g/mol. The Morgan fingerprint density at radius 2 is 2.03 bits per heavy atom. The van der Waals surface area contributed by atoms with Crippen LogP contribution in [-0.2, 0) is 16.0 Å². The quantitative estimate of drug-likeness (QED) is 0.367. The number of hydrogen-bond donors (Lipinski definition) is 1. The maximum atomic E-state index is 13.1. The standard InChI is InChI=1S/C25H30N2O4S/c1-4-26(5-2)11-7-12-27-22(20-8-6-13-32-20)21(24(29)25(27)30)23(28)17-9-10-19-18(15-17)14-16(3)31-19/h6,8-10,13,15-16,22,28H,4-5,7,11-12,14H2,1-3H3/b23-21+/t16-,22-/m0/s1. The van der Waals surface area contributed by atoms with Gasteiger partial charge in [0.15, 0.2) is 0 Å². The van der Waals surface area contributed by atoms with Gasteiger partial charge in [0.2, 0.25) is 0 Å². The molecule has 3 heterocycles. The van der Waals surface area contributed by atoms with Crippen LogP contribution in [0.4, 0.5) is 0 Å². The predicted octanol–water partition coefficient (Wildman–Crippen LogP) is 4.23. The van der Waals surface area contributed by atoms with E-state index in [1.165, 1.54) is 11.3 Å². The Labute approximate surface area is 193 Å². The zero-order valence-electron chi connectivity index (χ0n) is 18.8. The fourth-order valence-electron chi connectivity index (χ4n) is 4.58. The third kappa shape index (κ3) is 4.19. The van der Waals surface area contributed by atoms with Crippen molar-refractivity contribution in [2.75, 3.05) is 26.2 Å². The highest BCUT2D eigenvalue weighted by atomic mass is 32.1. The zero-order valence-corrected chi connectivity index (χ0v) is 19.7. The molecule has 170 valence electrons. The molecule has 0 saturated carbocycles. The summed E-state index contributed by atoms with van der Waals surface area (Å²) in [4.78, 5) is 30.9. The molecular formula is C25H30N2O4S. The molecular weight excluding hydrogens is 424 g/mol. The molecule has 1 saturated heterocycles. The van der Waals surface area contributed by atoms with Gasteiger partial charge >= 0.3 is 0 Å². The number of hydrogen-bond acceptors (Lipinski definition) is 6. The minimum atomic E-state index is -0.617. The van der Waals surface area contributed by atoms with Gasteiger partial charge < -0.3 is 19.6 Å². The van der Waals surface area contributed by atoms with Crippen molar-refractivity contribution in [1.29, 1.82) is 0 Å². The number of fused-ring (bicyclic) bond motifs is 1. The molecule has 6 nitrogen and oxygen atoms in total. The summed E-state index contributed by atoms with van der Waals surface area (Å²) in [7, 11) is 0. The number of ether oxygens (including phenoxy) is 1. The number of rotatable bonds is 8. The molecule has 0 aliphatic carbocycles. The molecule has 7 heteroatoms. The largest absolute Gasteiger partial charge is 0.507 e. The summed E-state index contributed by atoms with van der Waals surface area (Å²) < 4.78 is 5.75. The van der Waals surface area contributed by atoms with Crippen molar-refractivity contribution in [3.63, 3.8) is 0 Å². The Kier molecular flexibility index (Phi) is 6.67. The number of nitrogens with zero attached hydrogens (tertiary/aromatic N) is 2. The first-order chi connectivity index (χ1) is 15.4. The van der Waals surface area contributed by atoms with E-state index in [1.807, 2.05) is 36.6 Å². The number of carbonyl (C=O) groups excluding carboxylic acids is 2. The van der Waals surface area contributed by atoms with Crippen LogP contribution in [0, 0.1) is 0 Å². The molecule has 1 amide bonds. The maximum Gasteiger partial charge on any atom is 0.295 e.